The molecule has 22 heavy (non-hydrogen) atoms. The van der Waals surface area contributed by atoms with Crippen molar-refractivity contribution in [2.75, 3.05) is 19.0 Å². The van der Waals surface area contributed by atoms with Gasteiger partial charge in [0.15, 0.2) is 5.78 Å². The first-order valence-corrected chi connectivity index (χ1v) is 12.8. The standard InChI is InChI=1S/C11H15NO.C4H11N.2CH4.I2/c1-9(10(2)13)12(3)11-7-5-4-6-8-11;1-4(2)5-3;;;1-2/h4-9H,1-3H3;4-5H,1-3H3;2*1H4;. The van der Waals surface area contributed by atoms with Crippen molar-refractivity contribution < 1.29 is 4.79 Å². The van der Waals surface area contributed by atoms with Gasteiger partial charge in [-0.1, -0.05) is 46.9 Å². The van der Waals surface area contributed by atoms with Crippen molar-refractivity contribution in [3.63, 3.8) is 0 Å². The predicted molar refractivity (Wildman–Crippen MR) is 121 cm³/mol. The Labute approximate surface area is 162 Å². The molecule has 1 unspecified atom stereocenters. The maximum Gasteiger partial charge on any atom is 0.151 e. The van der Waals surface area contributed by atoms with Gasteiger partial charge in [-0.25, -0.2) is 0 Å². The highest BCUT2D eigenvalue weighted by Gasteiger charge is 2.13. The molecule has 1 aromatic carbocycles. The molecule has 0 heterocycles. The van der Waals surface area contributed by atoms with E-state index < -0.39 is 0 Å². The Morgan fingerprint density at radius 3 is 1.73 bits per heavy atom. The molecule has 0 aliphatic carbocycles. The summed E-state index contributed by atoms with van der Waals surface area (Å²) in [5.41, 5.74) is 1.07. The maximum absolute atomic E-state index is 11.1. The van der Waals surface area contributed by atoms with Gasteiger partial charge in [0.2, 0.25) is 0 Å². The monoisotopic (exact) mass is 536 g/mol. The summed E-state index contributed by atoms with van der Waals surface area (Å²) in [4.78, 5) is 13.1. The molecule has 1 atom stereocenters. The SMILES string of the molecule is C.C.CC(=O)C(C)N(C)c1ccccc1.CNC(C)C.II. The zero-order valence-corrected chi connectivity index (χ0v) is 17.5. The van der Waals surface area contributed by atoms with E-state index in [-0.39, 0.29) is 26.7 Å². The summed E-state index contributed by atoms with van der Waals surface area (Å²) in [6, 6.07) is 10.5. The molecule has 0 aromatic heterocycles. The van der Waals surface area contributed by atoms with Crippen molar-refractivity contribution >= 4 is 48.7 Å². The van der Waals surface area contributed by atoms with Crippen molar-refractivity contribution in [1.29, 1.82) is 0 Å². The zero-order valence-electron chi connectivity index (χ0n) is 13.2. The highest BCUT2D eigenvalue weighted by atomic mass is 128. The van der Waals surface area contributed by atoms with Gasteiger partial charge in [0, 0.05) is 56.0 Å². The summed E-state index contributed by atoms with van der Waals surface area (Å²) >= 11 is 4.24. The van der Waals surface area contributed by atoms with Gasteiger partial charge in [0.1, 0.15) is 0 Å². The molecule has 5 heteroatoms. The Bertz CT molecular complexity index is 346. The van der Waals surface area contributed by atoms with Crippen LogP contribution in [0, 0.1) is 0 Å². The van der Waals surface area contributed by atoms with E-state index in [0.29, 0.717) is 6.04 Å². The minimum Gasteiger partial charge on any atom is -0.365 e. The van der Waals surface area contributed by atoms with E-state index in [2.05, 4.69) is 56.4 Å². The van der Waals surface area contributed by atoms with Crippen LogP contribution in [0.2, 0.25) is 0 Å². The average Bonchev–Trinajstić information content (AvgIpc) is 2.49. The molecule has 0 amide bonds. The van der Waals surface area contributed by atoms with Crippen molar-refractivity contribution in [3.05, 3.63) is 30.3 Å². The molecular formula is C17H34I2N2O. The molecule has 0 saturated carbocycles. The third-order valence-electron chi connectivity index (χ3n) is 2.91. The second kappa shape index (κ2) is 19.2. The van der Waals surface area contributed by atoms with E-state index in [4.69, 9.17) is 0 Å². The lowest BCUT2D eigenvalue weighted by Gasteiger charge is -2.24. The first kappa shape index (κ1) is 30.0. The Kier molecular flexibility index (Phi) is 26.2. The molecule has 3 nitrogen and oxygen atoms in total. The maximum atomic E-state index is 11.1. The first-order valence-electron chi connectivity index (χ1n) is 6.50. The fourth-order valence-corrected chi connectivity index (χ4v) is 1.16. The van der Waals surface area contributed by atoms with Crippen LogP contribution in [0.1, 0.15) is 42.5 Å². The third-order valence-corrected chi connectivity index (χ3v) is 2.91. The van der Waals surface area contributed by atoms with Crippen LogP contribution in [-0.4, -0.2) is 32.0 Å². The molecular weight excluding hydrogens is 502 g/mol. The van der Waals surface area contributed by atoms with Crippen LogP contribution in [0.4, 0.5) is 5.69 Å². The van der Waals surface area contributed by atoms with E-state index in [1.54, 1.807) is 6.92 Å². The molecule has 1 rings (SSSR count). The van der Waals surface area contributed by atoms with Crippen molar-refractivity contribution in [3.8, 4) is 0 Å². The number of ketones is 1. The van der Waals surface area contributed by atoms with Gasteiger partial charge in [-0.05, 0) is 33.0 Å². The van der Waals surface area contributed by atoms with Crippen LogP contribution < -0.4 is 10.2 Å². The Morgan fingerprint density at radius 2 is 1.45 bits per heavy atom. The lowest BCUT2D eigenvalue weighted by Crippen LogP contribution is -2.34. The topological polar surface area (TPSA) is 32.3 Å². The third kappa shape index (κ3) is 15.0. The molecule has 0 aliphatic heterocycles. The molecule has 0 radical (unpaired) electrons. The van der Waals surface area contributed by atoms with Gasteiger partial charge in [0.05, 0.1) is 6.04 Å². The van der Waals surface area contributed by atoms with Crippen LogP contribution in [0.15, 0.2) is 30.3 Å². The summed E-state index contributed by atoms with van der Waals surface area (Å²) < 4.78 is 0. The van der Waals surface area contributed by atoms with Gasteiger partial charge in [-0.2, -0.15) is 0 Å². The van der Waals surface area contributed by atoms with Crippen LogP contribution in [0.5, 0.6) is 0 Å². The molecule has 132 valence electrons. The number of para-hydroxylation sites is 1. The fraction of sp³-hybridized carbons (Fsp3) is 0.588. The number of Topliss-reactive ketones (excluding diaryl/α,β-unsaturated/α-hetero) is 1. The summed E-state index contributed by atoms with van der Waals surface area (Å²) in [5.74, 6) is 0.186. The second-order valence-corrected chi connectivity index (χ2v) is 4.68. The van der Waals surface area contributed by atoms with Crippen molar-refractivity contribution in [2.24, 2.45) is 0 Å². The number of benzene rings is 1. The molecule has 1 aromatic rings. The Morgan fingerprint density at radius 1 is 1.09 bits per heavy atom. The zero-order chi connectivity index (χ0) is 16.1. The number of anilines is 1. The summed E-state index contributed by atoms with van der Waals surface area (Å²) in [6.45, 7) is 7.75. The van der Waals surface area contributed by atoms with E-state index >= 15 is 0 Å². The quantitative estimate of drug-likeness (QED) is 0.497. The van der Waals surface area contributed by atoms with E-state index in [0.717, 1.165) is 5.69 Å². The number of carbonyl (C=O) groups is 1. The molecule has 1 N–H and O–H groups in total. The van der Waals surface area contributed by atoms with Crippen molar-refractivity contribution in [2.45, 2.75) is 54.6 Å². The van der Waals surface area contributed by atoms with Gasteiger partial charge < -0.3 is 10.2 Å². The largest absolute Gasteiger partial charge is 0.365 e. The smallest absolute Gasteiger partial charge is 0.151 e. The number of nitrogens with zero attached hydrogens (tertiary/aromatic N) is 1. The van der Waals surface area contributed by atoms with Gasteiger partial charge in [-0.15, -0.1) is 0 Å². The van der Waals surface area contributed by atoms with Crippen LogP contribution in [0.25, 0.3) is 0 Å². The molecule has 0 fully saturated rings. The fourth-order valence-electron chi connectivity index (χ4n) is 1.16. The minimum atomic E-state index is -0.0533. The van der Waals surface area contributed by atoms with Gasteiger partial charge in [0.25, 0.3) is 0 Å². The van der Waals surface area contributed by atoms with E-state index in [1.807, 2.05) is 56.3 Å². The lowest BCUT2D eigenvalue weighted by molar-refractivity contribution is -0.117. The normalized spacial score (nSPS) is 9.68. The number of likely N-dealkylation sites (N-methyl/N-ethyl adjacent to an activating group) is 1. The summed E-state index contributed by atoms with van der Waals surface area (Å²) in [7, 11) is 3.88. The number of nitrogens with one attached hydrogen (secondary N) is 1. The average molecular weight is 536 g/mol. The minimum absolute atomic E-state index is 0. The molecule has 0 spiro atoms. The van der Waals surface area contributed by atoms with Crippen molar-refractivity contribution in [1.82, 2.24) is 5.32 Å². The summed E-state index contributed by atoms with van der Waals surface area (Å²) in [6.07, 6.45) is 0. The number of halogens is 2. The Balaban J connectivity index is -0.000000156. The molecule has 0 bridgehead atoms. The first-order chi connectivity index (χ1) is 9.40. The summed E-state index contributed by atoms with van der Waals surface area (Å²) in [5, 5.41) is 3.03. The highest BCUT2D eigenvalue weighted by molar-refractivity contribution is 15.0. The van der Waals surface area contributed by atoms with Crippen LogP contribution in [0.3, 0.4) is 0 Å². The van der Waals surface area contributed by atoms with Gasteiger partial charge >= 0.3 is 0 Å². The Hall–Kier alpha value is 0.110. The van der Waals surface area contributed by atoms with E-state index in [1.165, 1.54) is 0 Å². The van der Waals surface area contributed by atoms with Gasteiger partial charge in [-0.3, -0.25) is 4.79 Å². The van der Waals surface area contributed by atoms with E-state index in [9.17, 15) is 4.79 Å². The predicted octanol–water partition coefficient (Wildman–Crippen LogP) is 5.76. The number of carbonyl (C=O) groups excluding carboxylic acids is 1. The number of rotatable bonds is 4. The number of hydrogen-bond acceptors (Lipinski definition) is 3. The molecule has 0 saturated heterocycles. The highest BCUT2D eigenvalue weighted by Crippen LogP contribution is 2.14. The molecule has 0 aliphatic rings. The van der Waals surface area contributed by atoms with Crippen LogP contribution in [-0.2, 0) is 4.79 Å². The second-order valence-electron chi connectivity index (χ2n) is 4.68. The van der Waals surface area contributed by atoms with Crippen LogP contribution >= 0.6 is 37.2 Å². The lowest BCUT2D eigenvalue weighted by atomic mass is 10.2. The number of hydrogen-bond donors (Lipinski definition) is 1.